The van der Waals surface area contributed by atoms with E-state index < -0.39 is 0 Å². The van der Waals surface area contributed by atoms with Crippen molar-refractivity contribution in [3.05, 3.63) is 28.2 Å². The molecule has 0 spiro atoms. The molecule has 0 saturated carbocycles. The van der Waals surface area contributed by atoms with Crippen molar-refractivity contribution in [2.45, 2.75) is 19.9 Å². The summed E-state index contributed by atoms with van der Waals surface area (Å²) in [6, 6.07) is 5.21. The zero-order chi connectivity index (χ0) is 12.1. The van der Waals surface area contributed by atoms with Crippen molar-refractivity contribution in [1.82, 2.24) is 5.32 Å². The number of benzene rings is 1. The highest BCUT2D eigenvalue weighted by Crippen LogP contribution is 2.22. The highest BCUT2D eigenvalue weighted by molar-refractivity contribution is 6.35. The lowest BCUT2D eigenvalue weighted by atomic mass is 10.3. The molecule has 0 bridgehead atoms. The summed E-state index contributed by atoms with van der Waals surface area (Å²) in [7, 11) is 0. The number of anilines is 1. The SMILES string of the molecule is CC(C)NC(=O)CNc1cc(Cl)cc(Cl)c1. The monoisotopic (exact) mass is 260 g/mol. The summed E-state index contributed by atoms with van der Waals surface area (Å²) < 4.78 is 0. The van der Waals surface area contributed by atoms with Crippen molar-refractivity contribution in [2.75, 3.05) is 11.9 Å². The first kappa shape index (κ1) is 13.1. The van der Waals surface area contributed by atoms with Gasteiger partial charge in [0, 0.05) is 21.8 Å². The van der Waals surface area contributed by atoms with Crippen LogP contribution in [0.15, 0.2) is 18.2 Å². The number of hydrogen-bond donors (Lipinski definition) is 2. The lowest BCUT2D eigenvalue weighted by Gasteiger charge is -2.10. The molecule has 16 heavy (non-hydrogen) atoms. The molecule has 0 aromatic heterocycles. The number of amides is 1. The largest absolute Gasteiger partial charge is 0.376 e. The van der Waals surface area contributed by atoms with Crippen LogP contribution in [-0.2, 0) is 4.79 Å². The predicted octanol–water partition coefficient (Wildman–Crippen LogP) is 2.93. The zero-order valence-electron chi connectivity index (χ0n) is 9.18. The number of hydrogen-bond acceptors (Lipinski definition) is 2. The van der Waals surface area contributed by atoms with Gasteiger partial charge in [0.15, 0.2) is 0 Å². The fraction of sp³-hybridized carbons (Fsp3) is 0.364. The second kappa shape index (κ2) is 5.97. The summed E-state index contributed by atoms with van der Waals surface area (Å²) in [6.07, 6.45) is 0. The fourth-order valence-corrected chi connectivity index (χ4v) is 1.74. The zero-order valence-corrected chi connectivity index (χ0v) is 10.7. The number of carbonyl (C=O) groups is 1. The van der Waals surface area contributed by atoms with Gasteiger partial charge in [0.05, 0.1) is 6.54 Å². The average Bonchev–Trinajstić information content (AvgIpc) is 2.12. The molecule has 0 atom stereocenters. The molecule has 3 nitrogen and oxygen atoms in total. The Labute approximate surface area is 105 Å². The Morgan fingerprint density at radius 2 is 1.81 bits per heavy atom. The van der Waals surface area contributed by atoms with Gasteiger partial charge in [-0.25, -0.2) is 0 Å². The molecule has 1 aromatic rings. The van der Waals surface area contributed by atoms with Gasteiger partial charge in [-0.15, -0.1) is 0 Å². The van der Waals surface area contributed by atoms with Crippen LogP contribution in [0.5, 0.6) is 0 Å². The third-order valence-electron chi connectivity index (χ3n) is 1.77. The number of halogens is 2. The first-order valence-corrected chi connectivity index (χ1v) is 5.72. The lowest BCUT2D eigenvalue weighted by Crippen LogP contribution is -2.34. The Kier molecular flexibility index (Phi) is 4.90. The van der Waals surface area contributed by atoms with Crippen LogP contribution in [0.1, 0.15) is 13.8 Å². The van der Waals surface area contributed by atoms with Crippen molar-refractivity contribution in [3.63, 3.8) is 0 Å². The van der Waals surface area contributed by atoms with Crippen LogP contribution < -0.4 is 10.6 Å². The van der Waals surface area contributed by atoms with Gasteiger partial charge in [-0.3, -0.25) is 4.79 Å². The highest BCUT2D eigenvalue weighted by atomic mass is 35.5. The molecule has 0 radical (unpaired) electrons. The van der Waals surface area contributed by atoms with E-state index in [9.17, 15) is 4.79 Å². The molecule has 1 aromatic carbocycles. The number of nitrogens with one attached hydrogen (secondary N) is 2. The average molecular weight is 261 g/mol. The van der Waals surface area contributed by atoms with E-state index >= 15 is 0 Å². The van der Waals surface area contributed by atoms with Gasteiger partial charge >= 0.3 is 0 Å². The summed E-state index contributed by atoms with van der Waals surface area (Å²) in [5, 5.41) is 6.81. The van der Waals surface area contributed by atoms with Crippen LogP contribution in [0.25, 0.3) is 0 Å². The Hall–Kier alpha value is -0.930. The minimum atomic E-state index is -0.0638. The van der Waals surface area contributed by atoms with E-state index in [1.807, 2.05) is 13.8 Å². The van der Waals surface area contributed by atoms with Crippen LogP contribution in [0.2, 0.25) is 10.0 Å². The maximum Gasteiger partial charge on any atom is 0.239 e. The molecule has 0 unspecified atom stereocenters. The van der Waals surface area contributed by atoms with E-state index in [0.29, 0.717) is 10.0 Å². The standard InChI is InChI=1S/C11H14Cl2N2O/c1-7(2)15-11(16)6-14-10-4-8(12)3-9(13)5-10/h3-5,7,14H,6H2,1-2H3,(H,15,16). The summed E-state index contributed by atoms with van der Waals surface area (Å²) in [4.78, 5) is 11.4. The van der Waals surface area contributed by atoms with Crippen LogP contribution in [0.4, 0.5) is 5.69 Å². The smallest absolute Gasteiger partial charge is 0.239 e. The van der Waals surface area contributed by atoms with Crippen LogP contribution in [0.3, 0.4) is 0 Å². The second-order valence-electron chi connectivity index (χ2n) is 3.73. The molecule has 0 heterocycles. The van der Waals surface area contributed by atoms with Crippen LogP contribution in [0, 0.1) is 0 Å². The molecule has 5 heteroatoms. The van der Waals surface area contributed by atoms with E-state index in [4.69, 9.17) is 23.2 Å². The fourth-order valence-electron chi connectivity index (χ4n) is 1.21. The van der Waals surface area contributed by atoms with Gasteiger partial charge in [-0.05, 0) is 32.0 Å². The van der Waals surface area contributed by atoms with Crippen molar-refractivity contribution in [3.8, 4) is 0 Å². The normalized spacial score (nSPS) is 10.3. The summed E-state index contributed by atoms with van der Waals surface area (Å²) in [5.74, 6) is -0.0638. The molecule has 0 aliphatic carbocycles. The van der Waals surface area contributed by atoms with Gasteiger partial charge in [-0.2, -0.15) is 0 Å². The van der Waals surface area contributed by atoms with Gasteiger partial charge in [0.1, 0.15) is 0 Å². The third-order valence-corrected chi connectivity index (χ3v) is 2.20. The lowest BCUT2D eigenvalue weighted by molar-refractivity contribution is -0.119. The molecule has 0 aliphatic heterocycles. The Morgan fingerprint density at radius 1 is 1.25 bits per heavy atom. The topological polar surface area (TPSA) is 41.1 Å². The van der Waals surface area contributed by atoms with E-state index in [2.05, 4.69) is 10.6 Å². The van der Waals surface area contributed by atoms with Gasteiger partial charge in [-0.1, -0.05) is 23.2 Å². The molecule has 88 valence electrons. The molecule has 1 amide bonds. The summed E-state index contributed by atoms with van der Waals surface area (Å²) in [6.45, 7) is 4.02. The molecule has 0 aliphatic rings. The summed E-state index contributed by atoms with van der Waals surface area (Å²) in [5.41, 5.74) is 0.733. The molecular formula is C11H14Cl2N2O. The predicted molar refractivity (Wildman–Crippen MR) is 68.2 cm³/mol. The highest BCUT2D eigenvalue weighted by Gasteiger charge is 2.03. The van der Waals surface area contributed by atoms with Gasteiger partial charge < -0.3 is 10.6 Å². The van der Waals surface area contributed by atoms with Crippen LogP contribution in [-0.4, -0.2) is 18.5 Å². The third kappa shape index (κ3) is 4.73. The molecule has 1 rings (SSSR count). The van der Waals surface area contributed by atoms with Crippen molar-refractivity contribution in [1.29, 1.82) is 0 Å². The number of carbonyl (C=O) groups excluding carboxylic acids is 1. The van der Waals surface area contributed by atoms with E-state index in [1.54, 1.807) is 18.2 Å². The maximum atomic E-state index is 11.4. The Bertz CT molecular complexity index is 360. The van der Waals surface area contributed by atoms with Gasteiger partial charge in [0.25, 0.3) is 0 Å². The second-order valence-corrected chi connectivity index (χ2v) is 4.61. The minimum absolute atomic E-state index is 0.0638. The van der Waals surface area contributed by atoms with Gasteiger partial charge in [0.2, 0.25) is 5.91 Å². The maximum absolute atomic E-state index is 11.4. The molecule has 2 N–H and O–H groups in total. The van der Waals surface area contributed by atoms with Crippen molar-refractivity contribution in [2.24, 2.45) is 0 Å². The Morgan fingerprint density at radius 3 is 2.31 bits per heavy atom. The molecule has 0 fully saturated rings. The first-order chi connectivity index (χ1) is 7.47. The number of rotatable bonds is 4. The van der Waals surface area contributed by atoms with E-state index in [1.165, 1.54) is 0 Å². The first-order valence-electron chi connectivity index (χ1n) is 4.96. The summed E-state index contributed by atoms with van der Waals surface area (Å²) >= 11 is 11.6. The van der Waals surface area contributed by atoms with E-state index in [0.717, 1.165) is 5.69 Å². The van der Waals surface area contributed by atoms with Crippen molar-refractivity contribution < 1.29 is 4.79 Å². The molecular weight excluding hydrogens is 247 g/mol. The molecule has 0 saturated heterocycles. The Balaban J connectivity index is 2.51. The van der Waals surface area contributed by atoms with E-state index in [-0.39, 0.29) is 18.5 Å². The minimum Gasteiger partial charge on any atom is -0.376 e. The quantitative estimate of drug-likeness (QED) is 0.874. The van der Waals surface area contributed by atoms with Crippen LogP contribution >= 0.6 is 23.2 Å². The van der Waals surface area contributed by atoms with Crippen molar-refractivity contribution >= 4 is 34.8 Å².